The molecule has 3 heteroatoms. The van der Waals surface area contributed by atoms with Crippen LogP contribution < -0.4 is 10.6 Å². The van der Waals surface area contributed by atoms with E-state index in [4.69, 9.17) is 5.73 Å². The summed E-state index contributed by atoms with van der Waals surface area (Å²) in [6.45, 7) is 2.59. The summed E-state index contributed by atoms with van der Waals surface area (Å²) in [5.74, 6) is 0. The van der Waals surface area contributed by atoms with Crippen LogP contribution in [0, 0.1) is 6.92 Å². The zero-order valence-corrected chi connectivity index (χ0v) is 10.2. The highest BCUT2D eigenvalue weighted by Crippen LogP contribution is 2.26. The zero-order chi connectivity index (χ0) is 12.3. The van der Waals surface area contributed by atoms with Gasteiger partial charge in [-0.05, 0) is 30.7 Å². The van der Waals surface area contributed by atoms with Crippen molar-refractivity contribution in [3.63, 3.8) is 0 Å². The van der Waals surface area contributed by atoms with Crippen molar-refractivity contribution >= 4 is 11.4 Å². The van der Waals surface area contributed by atoms with Gasteiger partial charge >= 0.3 is 0 Å². The molecule has 0 aliphatic carbocycles. The first-order chi connectivity index (χ1) is 8.22. The quantitative estimate of drug-likeness (QED) is 0.876. The van der Waals surface area contributed by atoms with Crippen LogP contribution in [0.4, 0.5) is 11.4 Å². The highest BCUT2D eigenvalue weighted by Gasteiger charge is 2.08. The van der Waals surface area contributed by atoms with E-state index in [0.29, 0.717) is 6.54 Å². The molecule has 0 spiro atoms. The van der Waals surface area contributed by atoms with E-state index in [2.05, 4.69) is 41.1 Å². The smallest absolute Gasteiger partial charge is 0.0484 e. The molecule has 3 nitrogen and oxygen atoms in total. The van der Waals surface area contributed by atoms with Gasteiger partial charge in [0.2, 0.25) is 0 Å². The highest BCUT2D eigenvalue weighted by molar-refractivity contribution is 5.65. The van der Waals surface area contributed by atoms with Gasteiger partial charge in [0.05, 0.1) is 0 Å². The van der Waals surface area contributed by atoms with Gasteiger partial charge in [-0.3, -0.25) is 4.98 Å². The Kier molecular flexibility index (Phi) is 3.40. The minimum atomic E-state index is 0.499. The minimum Gasteiger partial charge on any atom is -0.344 e. The van der Waals surface area contributed by atoms with Crippen LogP contribution in [0.25, 0.3) is 0 Å². The topological polar surface area (TPSA) is 42.2 Å². The van der Waals surface area contributed by atoms with Crippen molar-refractivity contribution in [2.45, 2.75) is 13.5 Å². The van der Waals surface area contributed by atoms with Crippen molar-refractivity contribution in [2.75, 3.05) is 11.9 Å². The van der Waals surface area contributed by atoms with E-state index in [0.717, 1.165) is 16.9 Å². The summed E-state index contributed by atoms with van der Waals surface area (Å²) in [5.41, 5.74) is 10.3. The van der Waals surface area contributed by atoms with Crippen molar-refractivity contribution in [3.05, 3.63) is 53.9 Å². The molecule has 0 bridgehead atoms. The fourth-order valence-corrected chi connectivity index (χ4v) is 1.88. The number of hydrogen-bond acceptors (Lipinski definition) is 3. The SMILES string of the molecule is Cc1cccc(N(C)c2ccncc2CN)c1. The summed E-state index contributed by atoms with van der Waals surface area (Å²) >= 11 is 0. The van der Waals surface area contributed by atoms with E-state index < -0.39 is 0 Å². The predicted octanol–water partition coefficient (Wildman–Crippen LogP) is 2.62. The number of aryl methyl sites for hydroxylation is 1. The van der Waals surface area contributed by atoms with Crippen molar-refractivity contribution in [1.29, 1.82) is 0 Å². The second-order valence-electron chi connectivity index (χ2n) is 4.11. The van der Waals surface area contributed by atoms with Crippen molar-refractivity contribution in [3.8, 4) is 0 Å². The maximum absolute atomic E-state index is 5.73. The molecule has 0 aliphatic rings. The average molecular weight is 227 g/mol. The number of rotatable bonds is 3. The third kappa shape index (κ3) is 2.45. The first-order valence-electron chi connectivity index (χ1n) is 5.65. The molecule has 88 valence electrons. The molecule has 0 atom stereocenters. The molecule has 2 aromatic rings. The van der Waals surface area contributed by atoms with Crippen LogP contribution >= 0.6 is 0 Å². The molecule has 0 radical (unpaired) electrons. The van der Waals surface area contributed by atoms with Crippen LogP contribution in [-0.4, -0.2) is 12.0 Å². The normalized spacial score (nSPS) is 10.3. The van der Waals surface area contributed by atoms with Crippen LogP contribution in [0.15, 0.2) is 42.7 Å². The van der Waals surface area contributed by atoms with Gasteiger partial charge in [0.1, 0.15) is 0 Å². The molecule has 0 saturated heterocycles. The lowest BCUT2D eigenvalue weighted by molar-refractivity contribution is 1.02. The predicted molar refractivity (Wildman–Crippen MR) is 71.4 cm³/mol. The second kappa shape index (κ2) is 4.97. The van der Waals surface area contributed by atoms with E-state index in [9.17, 15) is 0 Å². The highest BCUT2D eigenvalue weighted by atomic mass is 15.1. The first-order valence-corrected chi connectivity index (χ1v) is 5.65. The molecular weight excluding hydrogens is 210 g/mol. The summed E-state index contributed by atoms with van der Waals surface area (Å²) < 4.78 is 0. The minimum absolute atomic E-state index is 0.499. The second-order valence-corrected chi connectivity index (χ2v) is 4.11. The lowest BCUT2D eigenvalue weighted by Gasteiger charge is -2.22. The Morgan fingerprint density at radius 3 is 2.82 bits per heavy atom. The van der Waals surface area contributed by atoms with Crippen LogP contribution in [0.3, 0.4) is 0 Å². The Morgan fingerprint density at radius 2 is 2.12 bits per heavy atom. The van der Waals surface area contributed by atoms with Gasteiger partial charge in [-0.1, -0.05) is 12.1 Å². The van der Waals surface area contributed by atoms with Crippen LogP contribution in [0.5, 0.6) is 0 Å². The molecule has 2 N–H and O–H groups in total. The molecule has 1 aromatic heterocycles. The average Bonchev–Trinajstić information content (AvgIpc) is 2.38. The summed E-state index contributed by atoms with van der Waals surface area (Å²) in [5, 5.41) is 0. The molecule has 0 fully saturated rings. The maximum Gasteiger partial charge on any atom is 0.0484 e. The summed E-state index contributed by atoms with van der Waals surface area (Å²) in [6, 6.07) is 10.4. The summed E-state index contributed by atoms with van der Waals surface area (Å²) in [7, 11) is 2.04. The van der Waals surface area contributed by atoms with E-state index in [1.54, 1.807) is 6.20 Å². The van der Waals surface area contributed by atoms with Gasteiger partial charge in [0.25, 0.3) is 0 Å². The van der Waals surface area contributed by atoms with Gasteiger partial charge in [-0.2, -0.15) is 0 Å². The third-order valence-electron chi connectivity index (χ3n) is 2.85. The third-order valence-corrected chi connectivity index (χ3v) is 2.85. The van der Waals surface area contributed by atoms with Crippen molar-refractivity contribution < 1.29 is 0 Å². The number of nitrogens with zero attached hydrogens (tertiary/aromatic N) is 2. The van der Waals surface area contributed by atoms with Crippen LogP contribution in [0.2, 0.25) is 0 Å². The zero-order valence-electron chi connectivity index (χ0n) is 10.2. The van der Waals surface area contributed by atoms with Crippen LogP contribution in [-0.2, 0) is 6.54 Å². The molecule has 1 aromatic carbocycles. The molecule has 0 unspecified atom stereocenters. The number of aromatic nitrogens is 1. The van der Waals surface area contributed by atoms with Gasteiger partial charge in [0.15, 0.2) is 0 Å². The van der Waals surface area contributed by atoms with Gasteiger partial charge < -0.3 is 10.6 Å². The first kappa shape index (κ1) is 11.6. The monoisotopic (exact) mass is 227 g/mol. The van der Waals surface area contributed by atoms with E-state index >= 15 is 0 Å². The number of benzene rings is 1. The fourth-order valence-electron chi connectivity index (χ4n) is 1.88. The summed E-state index contributed by atoms with van der Waals surface area (Å²) in [4.78, 5) is 6.24. The Hall–Kier alpha value is -1.87. The molecule has 0 aliphatic heterocycles. The lowest BCUT2D eigenvalue weighted by Crippen LogP contribution is -2.13. The van der Waals surface area contributed by atoms with E-state index in [1.165, 1.54) is 5.56 Å². The Bertz CT molecular complexity index is 508. The molecular formula is C14H17N3. The molecule has 2 rings (SSSR count). The maximum atomic E-state index is 5.73. The largest absolute Gasteiger partial charge is 0.344 e. The van der Waals surface area contributed by atoms with Gasteiger partial charge in [0, 0.05) is 42.9 Å². The standard InChI is InChI=1S/C14H17N3/c1-11-4-3-5-13(8-11)17(2)14-6-7-16-10-12(14)9-15/h3-8,10H,9,15H2,1-2H3. The van der Waals surface area contributed by atoms with E-state index in [1.807, 2.05) is 19.3 Å². The number of hydrogen-bond donors (Lipinski definition) is 1. The number of anilines is 2. The molecule has 0 saturated carbocycles. The summed E-state index contributed by atoms with van der Waals surface area (Å²) in [6.07, 6.45) is 3.61. The number of pyridine rings is 1. The lowest BCUT2D eigenvalue weighted by atomic mass is 10.1. The van der Waals surface area contributed by atoms with E-state index in [-0.39, 0.29) is 0 Å². The fraction of sp³-hybridized carbons (Fsp3) is 0.214. The Balaban J connectivity index is 2.40. The van der Waals surface area contributed by atoms with Crippen molar-refractivity contribution in [1.82, 2.24) is 4.98 Å². The molecule has 17 heavy (non-hydrogen) atoms. The molecule has 0 amide bonds. The van der Waals surface area contributed by atoms with Gasteiger partial charge in [-0.25, -0.2) is 0 Å². The Morgan fingerprint density at radius 1 is 1.29 bits per heavy atom. The Labute approximate surface area is 102 Å². The molecule has 1 heterocycles. The van der Waals surface area contributed by atoms with Gasteiger partial charge in [-0.15, -0.1) is 0 Å². The van der Waals surface area contributed by atoms with Crippen LogP contribution in [0.1, 0.15) is 11.1 Å². The number of nitrogens with two attached hydrogens (primary N) is 1. The van der Waals surface area contributed by atoms with Crippen molar-refractivity contribution in [2.24, 2.45) is 5.73 Å².